The maximum Gasteiger partial charge on any atom is 0.281 e. The summed E-state index contributed by atoms with van der Waals surface area (Å²) in [6, 6.07) is 0. The van der Waals surface area contributed by atoms with Crippen molar-refractivity contribution in [3.05, 3.63) is 0 Å². The van der Waals surface area contributed by atoms with Crippen molar-refractivity contribution >= 4 is 21.8 Å². The summed E-state index contributed by atoms with van der Waals surface area (Å²) in [4.78, 5) is 0. The summed E-state index contributed by atoms with van der Waals surface area (Å²) in [6.07, 6.45) is 2.71. The van der Waals surface area contributed by atoms with Crippen molar-refractivity contribution in [2.24, 2.45) is 5.92 Å². The summed E-state index contributed by atoms with van der Waals surface area (Å²) in [7, 11) is -0.139. The van der Waals surface area contributed by atoms with Crippen molar-refractivity contribution < 1.29 is 13.2 Å². The molecule has 1 rings (SSSR count). The van der Waals surface area contributed by atoms with E-state index in [2.05, 4.69) is 0 Å². The van der Waals surface area contributed by atoms with Gasteiger partial charge in [-0.15, -0.1) is 11.6 Å². The quantitative estimate of drug-likeness (QED) is 0.663. The van der Waals surface area contributed by atoms with E-state index >= 15 is 0 Å². The van der Waals surface area contributed by atoms with E-state index < -0.39 is 10.2 Å². The predicted molar refractivity (Wildman–Crippen MR) is 73.1 cm³/mol. The fraction of sp³-hybridized carbons (Fsp3) is 1.00. The molecule has 0 spiro atoms. The van der Waals surface area contributed by atoms with Crippen LogP contribution in [0, 0.1) is 5.92 Å². The molecule has 0 aromatic heterocycles. The Kier molecular flexibility index (Phi) is 6.87. The van der Waals surface area contributed by atoms with Gasteiger partial charge in [-0.1, -0.05) is 0 Å². The first-order chi connectivity index (χ1) is 8.48. The number of alkyl halides is 1. The van der Waals surface area contributed by atoms with Gasteiger partial charge in [0.1, 0.15) is 0 Å². The highest BCUT2D eigenvalue weighted by Crippen LogP contribution is 2.16. The molecule has 1 aliphatic rings. The van der Waals surface area contributed by atoms with Crippen LogP contribution in [0.3, 0.4) is 0 Å². The van der Waals surface area contributed by atoms with Crippen molar-refractivity contribution in [1.29, 1.82) is 0 Å². The molecule has 0 aromatic rings. The molecule has 1 aliphatic heterocycles. The molecule has 1 heterocycles. The molecule has 0 bridgehead atoms. The van der Waals surface area contributed by atoms with Crippen LogP contribution >= 0.6 is 11.6 Å². The third kappa shape index (κ3) is 4.66. The lowest BCUT2D eigenvalue weighted by Crippen LogP contribution is -2.43. The summed E-state index contributed by atoms with van der Waals surface area (Å²) in [5.74, 6) is 0.778. The summed E-state index contributed by atoms with van der Waals surface area (Å²) >= 11 is 5.58. The number of nitrogens with zero attached hydrogens (tertiary/aromatic N) is 2. The topological polar surface area (TPSA) is 49.9 Å². The summed E-state index contributed by atoms with van der Waals surface area (Å²) in [5, 5.41) is 0. The Balaban J connectivity index is 2.49. The second-order valence-corrected chi connectivity index (χ2v) is 7.26. The molecular formula is C11H23ClN2O3S. The van der Waals surface area contributed by atoms with E-state index in [1.807, 2.05) is 0 Å². The van der Waals surface area contributed by atoms with E-state index in [1.54, 1.807) is 14.1 Å². The summed E-state index contributed by atoms with van der Waals surface area (Å²) < 4.78 is 32.5. The molecule has 1 fully saturated rings. The lowest BCUT2D eigenvalue weighted by atomic mass is 10.0. The highest BCUT2D eigenvalue weighted by atomic mass is 35.5. The number of hydrogen-bond donors (Lipinski definition) is 0. The fourth-order valence-corrected chi connectivity index (χ4v) is 3.40. The van der Waals surface area contributed by atoms with E-state index in [-0.39, 0.29) is 0 Å². The van der Waals surface area contributed by atoms with Crippen molar-refractivity contribution in [1.82, 2.24) is 8.61 Å². The molecule has 0 aromatic carbocycles. The smallest absolute Gasteiger partial charge is 0.281 e. The molecule has 0 amide bonds. The molecule has 1 unspecified atom stereocenters. The lowest BCUT2D eigenvalue weighted by Gasteiger charge is -2.29. The Bertz CT molecular complexity index is 331. The van der Waals surface area contributed by atoms with Gasteiger partial charge in [0, 0.05) is 39.7 Å². The van der Waals surface area contributed by atoms with Crippen LogP contribution in [0.15, 0.2) is 0 Å². The Hall–Kier alpha value is 0.120. The van der Waals surface area contributed by atoms with Gasteiger partial charge in [-0.05, 0) is 25.2 Å². The number of hydrogen-bond acceptors (Lipinski definition) is 3. The van der Waals surface area contributed by atoms with Crippen molar-refractivity contribution in [3.8, 4) is 0 Å². The van der Waals surface area contributed by atoms with E-state index in [0.717, 1.165) is 19.4 Å². The number of ether oxygens (including phenoxy) is 1. The van der Waals surface area contributed by atoms with Crippen LogP contribution in [-0.2, 0) is 14.9 Å². The predicted octanol–water partition coefficient (Wildman–Crippen LogP) is 1.15. The van der Waals surface area contributed by atoms with Crippen LogP contribution in [0.25, 0.3) is 0 Å². The second-order valence-electron chi connectivity index (χ2n) is 4.74. The zero-order valence-electron chi connectivity index (χ0n) is 11.1. The second kappa shape index (κ2) is 7.65. The van der Waals surface area contributed by atoms with Gasteiger partial charge in [-0.2, -0.15) is 17.0 Å². The Labute approximate surface area is 115 Å². The molecule has 0 radical (unpaired) electrons. The monoisotopic (exact) mass is 298 g/mol. The highest BCUT2D eigenvalue weighted by molar-refractivity contribution is 7.86. The van der Waals surface area contributed by atoms with E-state index in [0.29, 0.717) is 37.9 Å². The van der Waals surface area contributed by atoms with Crippen molar-refractivity contribution in [3.63, 3.8) is 0 Å². The van der Waals surface area contributed by atoms with Gasteiger partial charge in [-0.3, -0.25) is 0 Å². The van der Waals surface area contributed by atoms with Crippen molar-refractivity contribution in [2.45, 2.75) is 19.3 Å². The minimum atomic E-state index is -3.36. The molecule has 0 saturated carbocycles. The lowest BCUT2D eigenvalue weighted by molar-refractivity contribution is 0.0491. The molecule has 18 heavy (non-hydrogen) atoms. The maximum absolute atomic E-state index is 12.2. The molecular weight excluding hydrogens is 276 g/mol. The van der Waals surface area contributed by atoms with Crippen LogP contribution in [0.4, 0.5) is 0 Å². The Morgan fingerprint density at radius 3 is 2.61 bits per heavy atom. The molecule has 5 nitrogen and oxygen atoms in total. The van der Waals surface area contributed by atoms with Crippen LogP contribution in [0.2, 0.25) is 0 Å². The third-order valence-corrected chi connectivity index (χ3v) is 5.34. The minimum absolute atomic E-state index is 0.306. The van der Waals surface area contributed by atoms with Gasteiger partial charge in [0.05, 0.1) is 6.61 Å². The summed E-state index contributed by atoms with van der Waals surface area (Å²) in [5.41, 5.74) is 0. The Morgan fingerprint density at radius 1 is 1.33 bits per heavy atom. The SMILES string of the molecule is CN(CCCCl)S(=O)(=O)N(C)CC1CCCOC1. The van der Waals surface area contributed by atoms with Crippen LogP contribution < -0.4 is 0 Å². The van der Waals surface area contributed by atoms with Gasteiger partial charge in [0.15, 0.2) is 0 Å². The zero-order chi connectivity index (χ0) is 13.6. The van der Waals surface area contributed by atoms with Gasteiger partial charge in [0.25, 0.3) is 10.2 Å². The van der Waals surface area contributed by atoms with Gasteiger partial charge in [0.2, 0.25) is 0 Å². The molecule has 108 valence electrons. The normalized spacial score (nSPS) is 21.7. The number of halogens is 1. The van der Waals surface area contributed by atoms with Gasteiger partial charge >= 0.3 is 0 Å². The maximum atomic E-state index is 12.2. The van der Waals surface area contributed by atoms with E-state index in [4.69, 9.17) is 16.3 Å². The van der Waals surface area contributed by atoms with E-state index in [1.165, 1.54) is 8.61 Å². The molecule has 0 aliphatic carbocycles. The largest absolute Gasteiger partial charge is 0.381 e. The van der Waals surface area contributed by atoms with Crippen LogP contribution in [0.5, 0.6) is 0 Å². The van der Waals surface area contributed by atoms with Gasteiger partial charge in [-0.25, -0.2) is 0 Å². The van der Waals surface area contributed by atoms with E-state index in [9.17, 15) is 8.42 Å². The fourth-order valence-electron chi connectivity index (χ4n) is 2.04. The van der Waals surface area contributed by atoms with Gasteiger partial charge < -0.3 is 4.74 Å². The highest BCUT2D eigenvalue weighted by Gasteiger charge is 2.26. The first-order valence-electron chi connectivity index (χ1n) is 6.29. The first-order valence-corrected chi connectivity index (χ1v) is 8.23. The zero-order valence-corrected chi connectivity index (χ0v) is 12.7. The third-order valence-electron chi connectivity index (χ3n) is 3.16. The molecule has 1 atom stereocenters. The first kappa shape index (κ1) is 16.2. The molecule has 7 heteroatoms. The van der Waals surface area contributed by atoms with Crippen LogP contribution in [0.1, 0.15) is 19.3 Å². The Morgan fingerprint density at radius 2 is 2.06 bits per heavy atom. The minimum Gasteiger partial charge on any atom is -0.381 e. The average Bonchev–Trinajstić information content (AvgIpc) is 2.36. The van der Waals surface area contributed by atoms with Crippen molar-refractivity contribution in [2.75, 3.05) is 46.3 Å². The summed E-state index contributed by atoms with van der Waals surface area (Å²) in [6.45, 7) is 2.43. The van der Waals surface area contributed by atoms with Crippen LogP contribution in [-0.4, -0.2) is 63.3 Å². The molecule has 0 N–H and O–H groups in total. The average molecular weight is 299 g/mol. The number of rotatable bonds is 7. The molecule has 1 saturated heterocycles. The standard InChI is InChI=1S/C11H23ClN2O3S/c1-13(7-4-6-12)18(15,16)14(2)9-11-5-3-8-17-10-11/h11H,3-10H2,1-2H3.